The summed E-state index contributed by atoms with van der Waals surface area (Å²) in [5.41, 5.74) is 1.97. The van der Waals surface area contributed by atoms with Crippen molar-refractivity contribution in [2.75, 3.05) is 6.54 Å². The Morgan fingerprint density at radius 1 is 1.11 bits per heavy atom. The maximum Gasteiger partial charge on any atom is 0.243 e. The summed E-state index contributed by atoms with van der Waals surface area (Å²) >= 11 is 0. The molecule has 1 N–H and O–H groups in total. The Hall–Kier alpha value is -2.76. The van der Waals surface area contributed by atoms with E-state index in [1.807, 2.05) is 32.0 Å². The molecule has 3 aromatic rings. The first-order valence-corrected chi connectivity index (χ1v) is 9.52. The fourth-order valence-electron chi connectivity index (χ4n) is 3.46. The number of nitrogens with one attached hydrogen (secondary N) is 1. The lowest BCUT2D eigenvalue weighted by Gasteiger charge is -2.23. The van der Waals surface area contributed by atoms with Crippen LogP contribution in [0.3, 0.4) is 0 Å². The number of carbonyl (C=O) groups excluding carboxylic acids is 1. The first kappa shape index (κ1) is 20.0. The number of halogens is 2. The lowest BCUT2D eigenvalue weighted by molar-refractivity contribution is -0.125. The summed E-state index contributed by atoms with van der Waals surface area (Å²) in [6.07, 6.45) is 2.28. The number of hydrogen-bond donors (Lipinski definition) is 1. The van der Waals surface area contributed by atoms with Gasteiger partial charge < -0.3 is 9.88 Å². The summed E-state index contributed by atoms with van der Waals surface area (Å²) in [4.78, 5) is 17.0. The Kier molecular flexibility index (Phi) is 6.07. The second-order valence-electron chi connectivity index (χ2n) is 7.49. The summed E-state index contributed by atoms with van der Waals surface area (Å²) in [6, 6.07) is 11.7. The van der Waals surface area contributed by atoms with Crippen LogP contribution in [0.1, 0.15) is 44.7 Å². The molecule has 0 saturated carbocycles. The van der Waals surface area contributed by atoms with Crippen molar-refractivity contribution in [3.8, 4) is 0 Å². The van der Waals surface area contributed by atoms with Gasteiger partial charge in [0, 0.05) is 18.7 Å². The minimum Gasteiger partial charge on any atom is -0.354 e. The summed E-state index contributed by atoms with van der Waals surface area (Å²) < 4.78 is 28.8. The highest BCUT2D eigenvalue weighted by molar-refractivity contribution is 5.84. The highest BCUT2D eigenvalue weighted by Crippen LogP contribution is 2.26. The minimum absolute atomic E-state index is 0.0444. The molecule has 0 aliphatic carbocycles. The van der Waals surface area contributed by atoms with Gasteiger partial charge in [0.2, 0.25) is 5.91 Å². The fourth-order valence-corrected chi connectivity index (χ4v) is 3.46. The summed E-state index contributed by atoms with van der Waals surface area (Å²) in [5.74, 6) is -1.77. The Morgan fingerprint density at radius 2 is 1.79 bits per heavy atom. The molecule has 4 nitrogen and oxygen atoms in total. The van der Waals surface area contributed by atoms with Crippen LogP contribution in [0.4, 0.5) is 8.78 Å². The number of hydrogen-bond acceptors (Lipinski definition) is 2. The molecule has 0 aliphatic heterocycles. The van der Waals surface area contributed by atoms with E-state index in [4.69, 9.17) is 0 Å². The average Bonchev–Trinajstić information content (AvgIpc) is 3.05. The lowest BCUT2D eigenvalue weighted by Crippen LogP contribution is -2.36. The third kappa shape index (κ3) is 4.21. The molecular formula is C22H25F2N3O. The average molecular weight is 385 g/mol. The van der Waals surface area contributed by atoms with Crippen molar-refractivity contribution in [1.82, 2.24) is 14.9 Å². The van der Waals surface area contributed by atoms with E-state index in [1.165, 1.54) is 11.9 Å². The third-order valence-electron chi connectivity index (χ3n) is 5.06. The normalized spacial score (nSPS) is 13.6. The summed E-state index contributed by atoms with van der Waals surface area (Å²) in [5, 5.41) is 2.99. The van der Waals surface area contributed by atoms with Crippen LogP contribution in [-0.4, -0.2) is 22.0 Å². The molecule has 1 aromatic heterocycles. The predicted octanol–water partition coefficient (Wildman–Crippen LogP) is 4.82. The molecule has 148 valence electrons. The van der Waals surface area contributed by atoms with Gasteiger partial charge in [-0.25, -0.2) is 13.8 Å². The van der Waals surface area contributed by atoms with Gasteiger partial charge in [-0.2, -0.15) is 0 Å². The third-order valence-corrected chi connectivity index (χ3v) is 5.06. The van der Waals surface area contributed by atoms with Crippen LogP contribution in [0, 0.1) is 17.6 Å². The van der Waals surface area contributed by atoms with Crippen LogP contribution in [0.2, 0.25) is 0 Å². The number of benzene rings is 2. The van der Waals surface area contributed by atoms with Crippen LogP contribution in [-0.2, 0) is 4.79 Å². The van der Waals surface area contributed by atoms with Crippen molar-refractivity contribution in [2.45, 2.75) is 39.2 Å². The molecule has 0 fully saturated rings. The van der Waals surface area contributed by atoms with Gasteiger partial charge in [-0.05, 0) is 23.8 Å². The molecule has 2 unspecified atom stereocenters. The SMILES string of the molecule is CC(CCNC(=O)C(C(C)C)n1cnc2cc(F)c(F)cc21)c1ccccc1. The van der Waals surface area contributed by atoms with Crippen LogP contribution in [0.25, 0.3) is 11.0 Å². The van der Waals surface area contributed by atoms with Gasteiger partial charge in [-0.15, -0.1) is 0 Å². The number of fused-ring (bicyclic) bond motifs is 1. The minimum atomic E-state index is -0.950. The van der Waals surface area contributed by atoms with Gasteiger partial charge in [0.1, 0.15) is 6.04 Å². The topological polar surface area (TPSA) is 46.9 Å². The Morgan fingerprint density at radius 3 is 2.46 bits per heavy atom. The zero-order valence-electron chi connectivity index (χ0n) is 16.3. The number of aromatic nitrogens is 2. The molecule has 6 heteroatoms. The zero-order chi connectivity index (χ0) is 20.3. The van der Waals surface area contributed by atoms with Crippen molar-refractivity contribution >= 4 is 16.9 Å². The number of amides is 1. The molecule has 2 atom stereocenters. The van der Waals surface area contributed by atoms with Crippen molar-refractivity contribution in [3.05, 3.63) is 66.0 Å². The molecule has 3 rings (SSSR count). The van der Waals surface area contributed by atoms with Gasteiger partial charge >= 0.3 is 0 Å². The van der Waals surface area contributed by atoms with E-state index >= 15 is 0 Å². The van der Waals surface area contributed by atoms with Gasteiger partial charge in [0.15, 0.2) is 11.6 Å². The highest BCUT2D eigenvalue weighted by Gasteiger charge is 2.26. The van der Waals surface area contributed by atoms with Crippen molar-refractivity contribution in [3.63, 3.8) is 0 Å². The monoisotopic (exact) mass is 385 g/mol. The maximum atomic E-state index is 13.7. The molecule has 0 spiro atoms. The standard InChI is InChI=1S/C22H25F2N3O/c1-14(2)21(27-13-26-19-11-17(23)18(24)12-20(19)27)22(28)25-10-9-15(3)16-7-5-4-6-8-16/h4-8,11-15,21H,9-10H2,1-3H3,(H,25,28). The molecule has 0 aliphatic rings. The molecule has 0 saturated heterocycles. The fraction of sp³-hybridized carbons (Fsp3) is 0.364. The maximum absolute atomic E-state index is 13.7. The zero-order valence-corrected chi connectivity index (χ0v) is 16.3. The van der Waals surface area contributed by atoms with Crippen molar-refractivity contribution < 1.29 is 13.6 Å². The van der Waals surface area contributed by atoms with E-state index in [0.717, 1.165) is 18.6 Å². The predicted molar refractivity (Wildman–Crippen MR) is 106 cm³/mol. The number of nitrogens with zero attached hydrogens (tertiary/aromatic N) is 2. The van der Waals surface area contributed by atoms with E-state index in [2.05, 4.69) is 29.4 Å². The Labute approximate surface area is 163 Å². The van der Waals surface area contributed by atoms with Gasteiger partial charge in [-0.3, -0.25) is 4.79 Å². The van der Waals surface area contributed by atoms with E-state index in [1.54, 1.807) is 4.57 Å². The quantitative estimate of drug-likeness (QED) is 0.634. The van der Waals surface area contributed by atoms with E-state index in [-0.39, 0.29) is 11.8 Å². The number of rotatable bonds is 7. The Bertz CT molecular complexity index is 953. The second kappa shape index (κ2) is 8.50. The van der Waals surface area contributed by atoms with Crippen molar-refractivity contribution in [1.29, 1.82) is 0 Å². The van der Waals surface area contributed by atoms with Crippen LogP contribution >= 0.6 is 0 Å². The Balaban J connectivity index is 1.72. The molecule has 1 heterocycles. The first-order valence-electron chi connectivity index (χ1n) is 9.52. The molecule has 28 heavy (non-hydrogen) atoms. The molecule has 0 bridgehead atoms. The van der Waals surface area contributed by atoms with E-state index < -0.39 is 17.7 Å². The van der Waals surface area contributed by atoms with Gasteiger partial charge in [0.05, 0.1) is 17.4 Å². The molecular weight excluding hydrogens is 360 g/mol. The largest absolute Gasteiger partial charge is 0.354 e. The van der Waals surface area contributed by atoms with Crippen LogP contribution in [0.5, 0.6) is 0 Å². The molecule has 0 radical (unpaired) electrons. The smallest absolute Gasteiger partial charge is 0.243 e. The summed E-state index contributed by atoms with van der Waals surface area (Å²) in [6.45, 7) is 6.50. The van der Waals surface area contributed by atoms with Crippen LogP contribution < -0.4 is 5.32 Å². The summed E-state index contributed by atoms with van der Waals surface area (Å²) in [7, 11) is 0. The van der Waals surface area contributed by atoms with E-state index in [9.17, 15) is 13.6 Å². The molecule has 1 amide bonds. The lowest BCUT2D eigenvalue weighted by atomic mass is 9.97. The van der Waals surface area contributed by atoms with Crippen LogP contribution in [0.15, 0.2) is 48.8 Å². The van der Waals surface area contributed by atoms with E-state index in [0.29, 0.717) is 23.5 Å². The van der Waals surface area contributed by atoms with Crippen molar-refractivity contribution in [2.24, 2.45) is 5.92 Å². The number of imidazole rings is 1. The number of carbonyl (C=O) groups is 1. The first-order chi connectivity index (χ1) is 13.4. The van der Waals surface area contributed by atoms with Gasteiger partial charge in [-0.1, -0.05) is 51.1 Å². The van der Waals surface area contributed by atoms with Gasteiger partial charge in [0.25, 0.3) is 0 Å². The highest BCUT2D eigenvalue weighted by atomic mass is 19.2. The molecule has 2 aromatic carbocycles. The second-order valence-corrected chi connectivity index (χ2v) is 7.49.